The number of amides is 1. The van der Waals surface area contributed by atoms with Crippen molar-refractivity contribution < 1.29 is 14.7 Å². The van der Waals surface area contributed by atoms with Crippen molar-refractivity contribution in [1.82, 2.24) is 4.90 Å². The van der Waals surface area contributed by atoms with Crippen LogP contribution in [0.4, 0.5) is 0 Å². The maximum atomic E-state index is 13.0. The zero-order chi connectivity index (χ0) is 21.4. The van der Waals surface area contributed by atoms with Crippen molar-refractivity contribution in [1.29, 1.82) is 0 Å². The average Bonchev–Trinajstić information content (AvgIpc) is 3.00. The van der Waals surface area contributed by atoms with E-state index in [1.165, 1.54) is 11.0 Å². The van der Waals surface area contributed by atoms with Gasteiger partial charge in [0.1, 0.15) is 5.76 Å². The Labute approximate surface area is 184 Å². The average molecular weight is 440 g/mol. The van der Waals surface area contributed by atoms with Gasteiger partial charge in [0.2, 0.25) is 0 Å². The van der Waals surface area contributed by atoms with Crippen LogP contribution in [0.2, 0.25) is 10.0 Å². The van der Waals surface area contributed by atoms with Gasteiger partial charge in [0, 0.05) is 12.1 Å². The van der Waals surface area contributed by atoms with Gasteiger partial charge in [-0.3, -0.25) is 9.59 Å². The number of benzene rings is 3. The molecule has 3 aromatic rings. The minimum Gasteiger partial charge on any atom is -0.507 e. The molecule has 1 fully saturated rings. The van der Waals surface area contributed by atoms with Crippen LogP contribution in [0.15, 0.2) is 66.2 Å². The topological polar surface area (TPSA) is 57.6 Å². The summed E-state index contributed by atoms with van der Waals surface area (Å²) in [6, 6.07) is 17.5. The fourth-order valence-electron chi connectivity index (χ4n) is 3.96. The lowest BCUT2D eigenvalue weighted by molar-refractivity contribution is -0.139. The van der Waals surface area contributed by atoms with Crippen molar-refractivity contribution in [2.75, 3.05) is 6.54 Å². The molecule has 0 saturated carbocycles. The van der Waals surface area contributed by atoms with Crippen LogP contribution in [0.3, 0.4) is 0 Å². The number of nitrogens with zero attached hydrogens (tertiary/aromatic N) is 1. The molecule has 6 heteroatoms. The molecular weight excluding hydrogens is 421 g/mol. The van der Waals surface area contributed by atoms with Crippen LogP contribution in [0, 0.1) is 0 Å². The number of ketones is 1. The lowest BCUT2D eigenvalue weighted by Gasteiger charge is -2.26. The third-order valence-corrected chi connectivity index (χ3v) is 6.05. The van der Waals surface area contributed by atoms with E-state index in [-0.39, 0.29) is 16.4 Å². The van der Waals surface area contributed by atoms with Crippen LogP contribution in [0.5, 0.6) is 0 Å². The zero-order valence-corrected chi connectivity index (χ0v) is 17.7. The Hall–Kier alpha value is -2.82. The smallest absolute Gasteiger partial charge is 0.295 e. The van der Waals surface area contributed by atoms with E-state index in [4.69, 9.17) is 23.2 Å². The Bertz CT molecular complexity index is 1200. The summed E-state index contributed by atoms with van der Waals surface area (Å²) < 4.78 is 0. The monoisotopic (exact) mass is 439 g/mol. The van der Waals surface area contributed by atoms with Crippen LogP contribution in [-0.2, 0) is 9.59 Å². The molecule has 30 heavy (non-hydrogen) atoms. The van der Waals surface area contributed by atoms with Gasteiger partial charge in [-0.2, -0.15) is 0 Å². The maximum absolute atomic E-state index is 13.0. The lowest BCUT2D eigenvalue weighted by Crippen LogP contribution is -2.30. The van der Waals surface area contributed by atoms with Gasteiger partial charge < -0.3 is 10.0 Å². The minimum atomic E-state index is -0.704. The Morgan fingerprint density at radius 1 is 1.00 bits per heavy atom. The Morgan fingerprint density at radius 2 is 1.73 bits per heavy atom. The summed E-state index contributed by atoms with van der Waals surface area (Å²) in [5.41, 5.74) is 1.19. The van der Waals surface area contributed by atoms with Crippen molar-refractivity contribution in [2.24, 2.45) is 0 Å². The van der Waals surface area contributed by atoms with Crippen molar-refractivity contribution in [3.05, 3.63) is 87.4 Å². The predicted molar refractivity (Wildman–Crippen MR) is 120 cm³/mol. The summed E-state index contributed by atoms with van der Waals surface area (Å²) in [5, 5.41) is 13.6. The Balaban J connectivity index is 1.98. The molecule has 1 unspecified atom stereocenters. The second-order valence-corrected chi connectivity index (χ2v) is 8.00. The molecule has 0 bridgehead atoms. The van der Waals surface area contributed by atoms with Gasteiger partial charge in [-0.25, -0.2) is 0 Å². The minimum absolute atomic E-state index is 0.0585. The number of aliphatic hydroxyl groups excluding tert-OH is 1. The number of hydrogen-bond donors (Lipinski definition) is 1. The molecule has 4 nitrogen and oxygen atoms in total. The van der Waals surface area contributed by atoms with Crippen LogP contribution in [-0.4, -0.2) is 28.2 Å². The van der Waals surface area contributed by atoms with Gasteiger partial charge in [-0.05, 0) is 41.0 Å². The van der Waals surface area contributed by atoms with Crippen LogP contribution in [0.1, 0.15) is 30.5 Å². The van der Waals surface area contributed by atoms with E-state index in [1.54, 1.807) is 12.1 Å². The van der Waals surface area contributed by atoms with Crippen molar-refractivity contribution in [3.63, 3.8) is 0 Å². The fraction of sp³-hybridized carbons (Fsp3) is 0.167. The highest BCUT2D eigenvalue weighted by atomic mass is 35.5. The van der Waals surface area contributed by atoms with Gasteiger partial charge in [0.25, 0.3) is 11.7 Å². The summed E-state index contributed by atoms with van der Waals surface area (Å²) >= 11 is 12.1. The van der Waals surface area contributed by atoms with Gasteiger partial charge >= 0.3 is 0 Å². The van der Waals surface area contributed by atoms with Crippen LogP contribution < -0.4 is 0 Å². The number of carbonyl (C=O) groups is 2. The fourth-order valence-corrected chi connectivity index (χ4v) is 4.26. The number of likely N-dealkylation sites (tertiary alicyclic amines) is 1. The number of rotatable bonds is 4. The first kappa shape index (κ1) is 20.5. The maximum Gasteiger partial charge on any atom is 0.295 e. The second kappa shape index (κ2) is 8.13. The molecule has 1 N–H and O–H groups in total. The van der Waals surface area contributed by atoms with Gasteiger partial charge in [0.15, 0.2) is 0 Å². The highest BCUT2D eigenvalue weighted by molar-refractivity contribution is 6.47. The molecule has 4 rings (SSSR count). The largest absolute Gasteiger partial charge is 0.507 e. The molecule has 3 aromatic carbocycles. The third kappa shape index (κ3) is 3.36. The third-order valence-electron chi connectivity index (χ3n) is 5.32. The molecular formula is C24H19Cl2NO3. The number of hydrogen-bond acceptors (Lipinski definition) is 3. The zero-order valence-electron chi connectivity index (χ0n) is 16.2. The van der Waals surface area contributed by atoms with Gasteiger partial charge in [-0.15, -0.1) is 0 Å². The molecule has 1 heterocycles. The van der Waals surface area contributed by atoms with Crippen LogP contribution in [0.25, 0.3) is 16.5 Å². The second-order valence-electron chi connectivity index (χ2n) is 7.19. The summed E-state index contributed by atoms with van der Waals surface area (Å²) in [6.45, 7) is 2.34. The van der Waals surface area contributed by atoms with Crippen molar-refractivity contribution in [2.45, 2.75) is 19.4 Å². The molecule has 1 aliphatic heterocycles. The lowest BCUT2D eigenvalue weighted by atomic mass is 9.91. The molecule has 0 aliphatic carbocycles. The summed E-state index contributed by atoms with van der Waals surface area (Å²) in [7, 11) is 0. The number of halogens is 2. The van der Waals surface area contributed by atoms with E-state index >= 15 is 0 Å². The molecule has 152 valence electrons. The molecule has 0 aromatic heterocycles. The van der Waals surface area contributed by atoms with E-state index in [2.05, 4.69) is 0 Å². The predicted octanol–water partition coefficient (Wildman–Crippen LogP) is 5.98. The molecule has 0 radical (unpaired) electrons. The van der Waals surface area contributed by atoms with E-state index < -0.39 is 17.7 Å². The highest BCUT2D eigenvalue weighted by Gasteiger charge is 2.46. The van der Waals surface area contributed by atoms with Crippen molar-refractivity contribution in [3.8, 4) is 0 Å². The Morgan fingerprint density at radius 3 is 2.47 bits per heavy atom. The van der Waals surface area contributed by atoms with E-state index in [9.17, 15) is 14.7 Å². The highest BCUT2D eigenvalue weighted by Crippen LogP contribution is 2.42. The first-order valence-electron chi connectivity index (χ1n) is 9.65. The SMILES string of the molecule is CCCN1C(=O)C(=O)/C(=C(\O)c2ccc(Cl)c(Cl)c2)C1c1cccc2ccccc12. The number of carbonyl (C=O) groups excluding carboxylic acids is 2. The first-order chi connectivity index (χ1) is 14.4. The molecule has 1 amide bonds. The first-order valence-corrected chi connectivity index (χ1v) is 10.4. The molecule has 1 aliphatic rings. The summed E-state index contributed by atoms with van der Waals surface area (Å²) in [4.78, 5) is 27.4. The number of Topliss-reactive ketones (excluding diaryl/α,β-unsaturated/α-hetero) is 1. The normalized spacial score (nSPS) is 18.4. The standard InChI is InChI=1S/C24H19Cl2NO3/c1-2-12-27-21(17-9-5-7-14-6-3-4-8-16(14)17)20(23(29)24(27)30)22(28)15-10-11-18(25)19(26)13-15/h3-11,13,21,28H,2,12H2,1H3/b22-20-. The molecule has 1 saturated heterocycles. The number of aliphatic hydroxyl groups is 1. The van der Waals surface area contributed by atoms with E-state index in [1.807, 2.05) is 49.4 Å². The molecule has 0 spiro atoms. The summed E-state index contributed by atoms with van der Waals surface area (Å²) in [6.07, 6.45) is 0.682. The number of fused-ring (bicyclic) bond motifs is 1. The van der Waals surface area contributed by atoms with Gasteiger partial charge in [-0.1, -0.05) is 72.6 Å². The Kier molecular flexibility index (Phi) is 5.54. The molecule has 1 atom stereocenters. The van der Waals surface area contributed by atoms with Crippen molar-refractivity contribution >= 4 is 51.4 Å². The summed E-state index contributed by atoms with van der Waals surface area (Å²) in [5.74, 6) is -1.58. The van der Waals surface area contributed by atoms with E-state index in [0.29, 0.717) is 23.6 Å². The van der Waals surface area contributed by atoms with Gasteiger partial charge in [0.05, 0.1) is 21.7 Å². The van der Waals surface area contributed by atoms with E-state index in [0.717, 1.165) is 16.3 Å². The quantitative estimate of drug-likeness (QED) is 0.309. The van der Waals surface area contributed by atoms with Crippen LogP contribution >= 0.6 is 23.2 Å².